The Kier molecular flexibility index (Phi) is 17.7. The molecule has 0 radical (unpaired) electrons. The molecule has 396 valence electrons. The maximum Gasteiger partial charge on any atom is 0.481 e. The molecule has 2 amide bonds. The summed E-state index contributed by atoms with van der Waals surface area (Å²) in [6, 6.07) is 21.5. The van der Waals surface area contributed by atoms with Crippen molar-refractivity contribution in [3.63, 3.8) is 0 Å². The number of amides is 2. The number of carbonyl (C=O) groups excluding carboxylic acids is 3. The molecule has 1 saturated heterocycles. The number of carbonyl (C=O) groups is 3. The number of hydrogen-bond donors (Lipinski definition) is 9. The van der Waals surface area contributed by atoms with E-state index in [1.54, 1.807) is 6.92 Å². The molecule has 3 aromatic carbocycles. The SMILES string of the molecule is Cc1c(-c2ccc(-c3ccccc3)cc2)nc2ccc(F)cc2c1C(=O)SCCNC(=O)CCNC(=O)C(O)C(C)(C)COP(=O)(O)OP(=O)(O)OCC1OC(n2cnc3c(N)ncnc32)C(O)C1OP(=O)(O)O. The highest BCUT2D eigenvalue weighted by Gasteiger charge is 2.50. The minimum Gasteiger partial charge on any atom is -0.386 e. The van der Waals surface area contributed by atoms with Crippen molar-refractivity contribution >= 4 is 80.0 Å². The molecule has 10 N–H and O–H groups in total. The second kappa shape index (κ2) is 23.2. The predicted octanol–water partition coefficient (Wildman–Crippen LogP) is 4.31. The average Bonchev–Trinajstić information content (AvgIpc) is 3.91. The Labute approximate surface area is 424 Å². The van der Waals surface area contributed by atoms with Crippen LogP contribution in [0.2, 0.25) is 0 Å². The van der Waals surface area contributed by atoms with E-state index in [0.29, 0.717) is 22.2 Å². The van der Waals surface area contributed by atoms with E-state index < -0.39 is 90.4 Å². The molecule has 7 unspecified atom stereocenters. The van der Waals surface area contributed by atoms with Gasteiger partial charge in [0.1, 0.15) is 42.1 Å². The van der Waals surface area contributed by atoms with E-state index in [9.17, 15) is 62.3 Å². The van der Waals surface area contributed by atoms with Gasteiger partial charge in [0.05, 0.1) is 30.8 Å². The quantitative estimate of drug-likeness (QED) is 0.0338. The molecule has 74 heavy (non-hydrogen) atoms. The number of benzene rings is 3. The number of anilines is 1. The number of halogens is 1. The smallest absolute Gasteiger partial charge is 0.386 e. The number of nitrogens with two attached hydrogens (primary N) is 1. The fraction of sp³-hybridized carbons (Fsp3) is 0.341. The zero-order valence-corrected chi connectivity index (χ0v) is 42.8. The number of aromatic nitrogens is 5. The lowest BCUT2D eigenvalue weighted by Crippen LogP contribution is -2.46. The summed E-state index contributed by atoms with van der Waals surface area (Å²) >= 11 is 0.912. The van der Waals surface area contributed by atoms with Gasteiger partial charge in [-0.05, 0) is 41.8 Å². The van der Waals surface area contributed by atoms with E-state index in [-0.39, 0.29) is 52.9 Å². The van der Waals surface area contributed by atoms with Crippen LogP contribution in [0.15, 0.2) is 85.5 Å². The van der Waals surface area contributed by atoms with Gasteiger partial charge in [0.15, 0.2) is 17.7 Å². The van der Waals surface area contributed by atoms with Crippen LogP contribution in [0.5, 0.6) is 0 Å². The van der Waals surface area contributed by atoms with Crippen molar-refractivity contribution in [3.05, 3.63) is 102 Å². The Morgan fingerprint density at radius 2 is 1.59 bits per heavy atom. The highest BCUT2D eigenvalue weighted by molar-refractivity contribution is 8.14. The van der Waals surface area contributed by atoms with Gasteiger partial charge in [-0.15, -0.1) is 0 Å². The highest BCUT2D eigenvalue weighted by atomic mass is 32.2. The summed E-state index contributed by atoms with van der Waals surface area (Å²) in [5.74, 6) is -2.01. The number of ether oxygens (including phenoxy) is 1. The first-order valence-electron chi connectivity index (χ1n) is 22.1. The lowest BCUT2D eigenvalue weighted by Gasteiger charge is -2.30. The number of thioether (sulfide) groups is 1. The molecule has 0 bridgehead atoms. The van der Waals surface area contributed by atoms with Crippen LogP contribution in [-0.2, 0) is 45.9 Å². The van der Waals surface area contributed by atoms with Gasteiger partial charge in [-0.3, -0.25) is 32.5 Å². The fourth-order valence-corrected chi connectivity index (χ4v) is 11.3. The molecule has 0 aliphatic carbocycles. The summed E-state index contributed by atoms with van der Waals surface area (Å²) in [5.41, 5.74) is 8.79. The number of aliphatic hydroxyl groups excluding tert-OH is 2. The summed E-state index contributed by atoms with van der Waals surface area (Å²) in [6.45, 7) is 1.89. The number of phosphoric acid groups is 3. The number of nitrogens with zero attached hydrogens (tertiary/aromatic N) is 5. The molecule has 1 aliphatic heterocycles. The molecule has 6 aromatic rings. The van der Waals surface area contributed by atoms with Crippen LogP contribution < -0.4 is 16.4 Å². The van der Waals surface area contributed by atoms with Crippen molar-refractivity contribution in [2.24, 2.45) is 5.41 Å². The van der Waals surface area contributed by atoms with Crippen molar-refractivity contribution in [2.75, 3.05) is 37.8 Å². The molecule has 7 atom stereocenters. The van der Waals surface area contributed by atoms with E-state index in [2.05, 4.69) is 34.4 Å². The third-order valence-electron chi connectivity index (χ3n) is 11.4. The first-order valence-corrected chi connectivity index (χ1v) is 27.7. The Morgan fingerprint density at radius 3 is 2.30 bits per heavy atom. The van der Waals surface area contributed by atoms with Gasteiger partial charge in [0.25, 0.3) is 0 Å². The number of pyridine rings is 1. The molecular formula is C44H50FN8O17P3S. The van der Waals surface area contributed by atoms with Gasteiger partial charge in [-0.25, -0.2) is 38.0 Å². The van der Waals surface area contributed by atoms with Gasteiger partial charge in [0.2, 0.25) is 16.9 Å². The van der Waals surface area contributed by atoms with Crippen molar-refractivity contribution < 1.29 is 84.9 Å². The lowest BCUT2D eigenvalue weighted by molar-refractivity contribution is -0.137. The molecular weight excluding hydrogens is 1060 g/mol. The molecule has 0 saturated carbocycles. The van der Waals surface area contributed by atoms with Crippen molar-refractivity contribution in [1.82, 2.24) is 35.1 Å². The molecule has 25 nitrogen and oxygen atoms in total. The maximum atomic E-state index is 14.5. The Balaban J connectivity index is 0.855. The van der Waals surface area contributed by atoms with Crippen LogP contribution in [0.1, 0.15) is 42.4 Å². The number of nitrogens with one attached hydrogen (secondary N) is 2. The van der Waals surface area contributed by atoms with E-state index in [0.717, 1.165) is 45.7 Å². The van der Waals surface area contributed by atoms with E-state index in [1.807, 2.05) is 54.6 Å². The number of rotatable bonds is 22. The highest BCUT2D eigenvalue weighted by Crippen LogP contribution is 2.61. The Bertz CT molecular complexity index is 3190. The van der Waals surface area contributed by atoms with Crippen LogP contribution in [0.4, 0.5) is 10.2 Å². The van der Waals surface area contributed by atoms with Gasteiger partial charge < -0.3 is 50.9 Å². The summed E-state index contributed by atoms with van der Waals surface area (Å²) in [4.78, 5) is 95.4. The predicted molar refractivity (Wildman–Crippen MR) is 264 cm³/mol. The Hall–Kier alpha value is -5.44. The summed E-state index contributed by atoms with van der Waals surface area (Å²) in [6.07, 6.45) is -7.18. The van der Waals surface area contributed by atoms with Crippen molar-refractivity contribution in [2.45, 2.75) is 57.8 Å². The standard InChI is InChI=1S/C44H50FN8O17P3S/c1-24-33(29-19-28(45)13-14-30(29)52-34(24)27-11-9-26(10-12-27)25-7-5-4-6-8-25)43(58)74-18-17-47-32(54)15-16-48-41(57)38(56)44(2,3)21-67-73(64,65)70-72(62,63)66-20-31-37(69-71(59,60)61)36(55)42(68-31)53-23-51-35-39(46)49-22-50-40(35)53/h4-14,19,22-23,31,36-38,42,55-56H,15-18,20-21H2,1-3H3,(H,47,54)(H,48,57)(H,62,63)(H,64,65)(H2,46,49,50)(H2,59,60,61). The minimum absolute atomic E-state index is 0.0176. The minimum atomic E-state index is -5.62. The maximum absolute atomic E-state index is 14.5. The number of hydrogen-bond acceptors (Lipinski definition) is 19. The molecule has 1 aliphatic rings. The van der Waals surface area contributed by atoms with Crippen molar-refractivity contribution in [1.29, 1.82) is 0 Å². The van der Waals surface area contributed by atoms with E-state index >= 15 is 0 Å². The van der Waals surface area contributed by atoms with Gasteiger partial charge >= 0.3 is 23.5 Å². The zero-order chi connectivity index (χ0) is 53.8. The van der Waals surface area contributed by atoms with Crippen LogP contribution in [0.25, 0.3) is 44.5 Å². The number of aliphatic hydroxyl groups is 2. The van der Waals surface area contributed by atoms with Crippen LogP contribution >= 0.6 is 35.2 Å². The molecule has 4 heterocycles. The average molecular weight is 1110 g/mol. The van der Waals surface area contributed by atoms with Gasteiger partial charge in [-0.2, -0.15) is 4.31 Å². The number of phosphoric ester groups is 3. The summed E-state index contributed by atoms with van der Waals surface area (Å²) in [7, 11) is -16.5. The second-order valence-electron chi connectivity index (χ2n) is 17.3. The van der Waals surface area contributed by atoms with E-state index in [4.69, 9.17) is 24.5 Å². The van der Waals surface area contributed by atoms with E-state index in [1.165, 1.54) is 32.0 Å². The third kappa shape index (κ3) is 13.9. The van der Waals surface area contributed by atoms with Gasteiger partial charge in [-0.1, -0.05) is 80.2 Å². The summed E-state index contributed by atoms with van der Waals surface area (Å²) < 4.78 is 77.2. The van der Waals surface area contributed by atoms with Crippen molar-refractivity contribution in [3.8, 4) is 22.4 Å². The topological polar surface area (TPSA) is 377 Å². The first kappa shape index (κ1) is 56.3. The molecule has 0 spiro atoms. The molecule has 7 rings (SSSR count). The molecule has 3 aromatic heterocycles. The van der Waals surface area contributed by atoms with Crippen LogP contribution in [-0.4, -0.2) is 128 Å². The van der Waals surface area contributed by atoms with Gasteiger partial charge in [0, 0.05) is 47.2 Å². The third-order valence-corrected chi connectivity index (χ3v) is 15.4. The number of fused-ring (bicyclic) bond motifs is 2. The van der Waals surface area contributed by atoms with Crippen LogP contribution in [0, 0.1) is 18.2 Å². The zero-order valence-electron chi connectivity index (χ0n) is 39.3. The lowest BCUT2D eigenvalue weighted by atomic mass is 9.87. The Morgan fingerprint density at radius 1 is 0.919 bits per heavy atom. The largest absolute Gasteiger partial charge is 0.481 e. The molecule has 30 heteroatoms. The summed E-state index contributed by atoms with van der Waals surface area (Å²) in [5, 5.41) is 26.7. The molecule has 1 fully saturated rings. The fourth-order valence-electron chi connectivity index (χ4n) is 7.67. The number of nitrogen functional groups attached to an aromatic ring is 1. The number of imidazole rings is 1. The second-order valence-corrected chi connectivity index (χ2v) is 22.6. The normalized spacial score (nSPS) is 19.2. The first-order chi connectivity index (χ1) is 34.8. The monoisotopic (exact) mass is 1110 g/mol. The van der Waals surface area contributed by atoms with Crippen LogP contribution in [0.3, 0.4) is 0 Å².